The third-order valence-electron chi connectivity index (χ3n) is 13.4. The molecule has 400 valence electrons. The van der Waals surface area contributed by atoms with Crippen LogP contribution in [0.2, 0.25) is 0 Å². The number of amidine groups is 1. The number of pyridine rings is 1. The van der Waals surface area contributed by atoms with Crippen molar-refractivity contribution in [3.63, 3.8) is 0 Å². The molecule has 1 aromatic carbocycles. The summed E-state index contributed by atoms with van der Waals surface area (Å²) in [7, 11) is -2.89. The molecule has 7 rings (SSSR count). The minimum atomic E-state index is -4.27. The Morgan fingerprint density at radius 3 is 2.09 bits per heavy atom. The number of carbonyl (C=O) groups is 5. The number of benzene rings is 1. The fourth-order valence-electron chi connectivity index (χ4n) is 8.95. The van der Waals surface area contributed by atoms with E-state index in [2.05, 4.69) is 0 Å². The molecule has 1 aromatic heterocycles. The quantitative estimate of drug-likeness (QED) is 0.0790. The van der Waals surface area contributed by atoms with Crippen LogP contribution in [-0.2, 0) is 61.1 Å². The second-order valence-electron chi connectivity index (χ2n) is 19.3. The molecule has 1 aliphatic carbocycles. The Hall–Kier alpha value is -6.96. The highest BCUT2D eigenvalue weighted by atomic mass is 32.2. The summed E-state index contributed by atoms with van der Waals surface area (Å²) in [5.74, 6) is -2.25. The SMILES string of the molecule is CON(C)C(=O)C1=CN(CCCS(=O)(=O)O)C2=N/C(=C/C=C3\CCCC(/C=C/C4=Nc5c(cc(C(=O)N(C)OC)c[n+]5CCCS(=O)(=O)O)C4(C)C)=C3Oc3ccc(C(=O)ON4C(=O)CCC4=O)cc3)C(C)(C)C2=C1. The Bertz CT molecular complexity index is 3190. The average molecular weight is 1080 g/mol. The van der Waals surface area contributed by atoms with Crippen molar-refractivity contribution in [1.82, 2.24) is 20.1 Å². The number of allylic oxidation sites excluding steroid dienone is 7. The van der Waals surface area contributed by atoms with E-state index >= 15 is 0 Å². The molecule has 4 aliphatic heterocycles. The van der Waals surface area contributed by atoms with Crippen LogP contribution in [0.25, 0.3) is 0 Å². The van der Waals surface area contributed by atoms with Crippen LogP contribution in [0.15, 0.2) is 117 Å². The van der Waals surface area contributed by atoms with Gasteiger partial charge in [0.05, 0.1) is 65.6 Å². The number of nitrogens with zero attached hydrogens (tertiary/aromatic N) is 7. The number of aliphatic imine (C=N–C) groups is 2. The summed E-state index contributed by atoms with van der Waals surface area (Å²) >= 11 is 0. The molecule has 0 unspecified atom stereocenters. The van der Waals surface area contributed by atoms with Gasteiger partial charge in [-0.25, -0.2) is 24.5 Å². The van der Waals surface area contributed by atoms with Crippen LogP contribution in [0.4, 0.5) is 5.82 Å². The maximum atomic E-state index is 13.4. The molecule has 4 amide bonds. The Morgan fingerprint density at radius 1 is 0.813 bits per heavy atom. The van der Waals surface area contributed by atoms with Gasteiger partial charge in [0.15, 0.2) is 5.71 Å². The third-order valence-corrected chi connectivity index (χ3v) is 15.0. The predicted octanol–water partition coefficient (Wildman–Crippen LogP) is 5.22. The molecule has 2 N–H and O–H groups in total. The van der Waals surface area contributed by atoms with E-state index in [-0.39, 0.29) is 55.5 Å². The minimum Gasteiger partial charge on any atom is -0.457 e. The maximum Gasteiger partial charge on any atom is 0.363 e. The van der Waals surface area contributed by atoms with Crippen molar-refractivity contribution < 1.29 is 73.7 Å². The van der Waals surface area contributed by atoms with Gasteiger partial charge in [0.1, 0.15) is 23.5 Å². The molecule has 1 fully saturated rings. The van der Waals surface area contributed by atoms with E-state index in [1.807, 2.05) is 52.0 Å². The number of carbonyl (C=O) groups excluding carboxylic acids is 5. The molecule has 0 radical (unpaired) electrons. The van der Waals surface area contributed by atoms with Crippen molar-refractivity contribution in [2.75, 3.05) is 46.4 Å². The zero-order valence-electron chi connectivity index (χ0n) is 42.9. The minimum absolute atomic E-state index is 0.0357. The van der Waals surface area contributed by atoms with Gasteiger partial charge in [0, 0.05) is 57.1 Å². The molecular formula is C51H60N7O15S2+. The van der Waals surface area contributed by atoms with Crippen molar-refractivity contribution in [1.29, 1.82) is 0 Å². The molecule has 5 heterocycles. The zero-order chi connectivity index (χ0) is 54.8. The average Bonchev–Trinajstić information content (AvgIpc) is 3.92. The van der Waals surface area contributed by atoms with Crippen LogP contribution in [0.5, 0.6) is 5.75 Å². The van der Waals surface area contributed by atoms with Crippen LogP contribution in [0.3, 0.4) is 0 Å². The summed E-state index contributed by atoms with van der Waals surface area (Å²) in [5, 5.41) is 2.61. The number of hydroxylamine groups is 6. The molecule has 0 spiro atoms. The number of ether oxygens (including phenoxy) is 1. The Morgan fingerprint density at radius 2 is 1.45 bits per heavy atom. The number of fused-ring (bicyclic) bond motifs is 2. The summed E-state index contributed by atoms with van der Waals surface area (Å²) in [5.41, 5.74) is 3.14. The van der Waals surface area contributed by atoms with Crippen molar-refractivity contribution in [2.45, 2.75) is 84.6 Å². The van der Waals surface area contributed by atoms with E-state index in [1.165, 1.54) is 40.4 Å². The summed E-state index contributed by atoms with van der Waals surface area (Å²) in [4.78, 5) is 91.3. The fraction of sp³-hybridized carbons (Fsp3) is 0.412. The van der Waals surface area contributed by atoms with E-state index < -0.39 is 72.2 Å². The topological polar surface area (TPSA) is 273 Å². The zero-order valence-corrected chi connectivity index (χ0v) is 44.5. The van der Waals surface area contributed by atoms with Crippen molar-refractivity contribution >= 4 is 67.2 Å². The van der Waals surface area contributed by atoms with Gasteiger partial charge >= 0.3 is 11.8 Å². The van der Waals surface area contributed by atoms with Gasteiger partial charge in [-0.15, -0.1) is 5.06 Å². The van der Waals surface area contributed by atoms with Crippen LogP contribution >= 0.6 is 0 Å². The van der Waals surface area contributed by atoms with Gasteiger partial charge in [-0.05, 0) is 104 Å². The summed E-state index contributed by atoms with van der Waals surface area (Å²) in [6, 6.07) is 7.72. The molecule has 1 saturated heterocycles. The van der Waals surface area contributed by atoms with Crippen LogP contribution in [-0.4, -0.2) is 134 Å². The first-order chi connectivity index (χ1) is 35.2. The number of rotatable bonds is 19. The summed E-state index contributed by atoms with van der Waals surface area (Å²) in [6.45, 7) is 8.01. The molecule has 2 aromatic rings. The third kappa shape index (κ3) is 12.6. The predicted molar refractivity (Wildman–Crippen MR) is 272 cm³/mol. The van der Waals surface area contributed by atoms with Gasteiger partial charge in [0.25, 0.3) is 43.9 Å². The van der Waals surface area contributed by atoms with Crippen LogP contribution in [0, 0.1) is 5.41 Å². The maximum absolute atomic E-state index is 13.4. The molecule has 0 bridgehead atoms. The smallest absolute Gasteiger partial charge is 0.363 e. The second kappa shape index (κ2) is 22.1. The highest BCUT2D eigenvalue weighted by Crippen LogP contribution is 2.46. The highest BCUT2D eigenvalue weighted by Gasteiger charge is 2.44. The number of aromatic nitrogens is 1. The molecule has 22 nitrogen and oxygen atoms in total. The van der Waals surface area contributed by atoms with Crippen molar-refractivity contribution in [2.24, 2.45) is 15.4 Å². The normalized spacial score (nSPS) is 19.3. The van der Waals surface area contributed by atoms with Gasteiger partial charge < -0.3 is 14.5 Å². The molecular weight excluding hydrogens is 1010 g/mol. The lowest BCUT2D eigenvalue weighted by molar-refractivity contribution is -0.684. The molecule has 5 aliphatic rings. The lowest BCUT2D eigenvalue weighted by Gasteiger charge is -2.31. The van der Waals surface area contributed by atoms with Crippen LogP contribution in [0.1, 0.15) is 98.9 Å². The first-order valence-corrected chi connectivity index (χ1v) is 27.1. The summed E-state index contributed by atoms with van der Waals surface area (Å²) < 4.78 is 74.1. The number of hydrogen-bond donors (Lipinski definition) is 2. The van der Waals surface area contributed by atoms with Gasteiger partial charge in [-0.3, -0.25) is 38.0 Å². The fourth-order valence-corrected chi connectivity index (χ4v) is 9.93. The van der Waals surface area contributed by atoms with E-state index in [9.17, 15) is 49.9 Å². The Labute approximate surface area is 435 Å². The lowest BCUT2D eigenvalue weighted by Crippen LogP contribution is -2.38. The first kappa shape index (κ1) is 55.8. The van der Waals surface area contributed by atoms with E-state index in [0.29, 0.717) is 70.0 Å². The highest BCUT2D eigenvalue weighted by molar-refractivity contribution is 7.86. The lowest BCUT2D eigenvalue weighted by atomic mass is 9.80. The number of imide groups is 1. The monoisotopic (exact) mass is 1070 g/mol. The molecule has 0 saturated carbocycles. The second-order valence-corrected chi connectivity index (χ2v) is 22.4. The number of hydrogen-bond acceptors (Lipinski definition) is 16. The first-order valence-electron chi connectivity index (χ1n) is 23.9. The van der Waals surface area contributed by atoms with Crippen molar-refractivity contribution in [3.05, 3.63) is 124 Å². The largest absolute Gasteiger partial charge is 0.457 e. The van der Waals surface area contributed by atoms with E-state index in [4.69, 9.17) is 29.2 Å². The van der Waals surface area contributed by atoms with E-state index in [1.54, 1.807) is 46.1 Å². The van der Waals surface area contributed by atoms with Crippen molar-refractivity contribution in [3.8, 4) is 5.75 Å². The summed E-state index contributed by atoms with van der Waals surface area (Å²) in [6.07, 6.45) is 14.1. The molecule has 75 heavy (non-hydrogen) atoms. The van der Waals surface area contributed by atoms with Gasteiger partial charge in [0.2, 0.25) is 0 Å². The van der Waals surface area contributed by atoms with Crippen LogP contribution < -0.4 is 9.30 Å². The standard InChI is InChI=1S/C51H59N7O15S2/c1-50(2)38-28-35(47(61)54(5)70-7)30-56(24-10-26-74(64,65)66)45(38)52-40(50)20-16-32-12-9-13-33(44(32)72-37-18-14-34(15-19-37)49(63)73-58-42(59)22-23-43(58)60)17-21-41-51(3,4)39-29-36(48(62)55(6)71-8)31-57(46(39)53-41)25-11-27-75(67,68)69/h14-21,28-31H,9-13,22-27H2,1-8H3,(H-,64,65,66,67,68,69)/p+1. The molecule has 24 heteroatoms. The Balaban J connectivity index is 1.28. The van der Waals surface area contributed by atoms with Gasteiger partial charge in [-0.1, -0.05) is 26.0 Å². The molecule has 0 atom stereocenters. The Kier molecular flexibility index (Phi) is 16.4. The number of aryl methyl sites for hydroxylation is 1. The number of amides is 4. The van der Waals surface area contributed by atoms with Gasteiger partial charge in [-0.2, -0.15) is 16.8 Å². The van der Waals surface area contributed by atoms with E-state index in [0.717, 1.165) is 21.3 Å². The number of likely N-dealkylation sites (N-methyl/N-ethyl adjacent to an activating group) is 1.